The van der Waals surface area contributed by atoms with Gasteiger partial charge >= 0.3 is 5.69 Å². The van der Waals surface area contributed by atoms with Crippen LogP contribution in [0.1, 0.15) is 5.56 Å². The molecule has 0 aliphatic heterocycles. The molecule has 0 fully saturated rings. The normalized spacial score (nSPS) is 12.1. The van der Waals surface area contributed by atoms with Gasteiger partial charge in [-0.05, 0) is 24.6 Å². The summed E-state index contributed by atoms with van der Waals surface area (Å²) in [5.41, 5.74) is 0.677. The largest absolute Gasteiger partial charge is 0.488 e. The predicted molar refractivity (Wildman–Crippen MR) is 71.5 cm³/mol. The highest BCUT2D eigenvalue weighted by Gasteiger charge is 2.13. The van der Waals surface area contributed by atoms with Gasteiger partial charge in [0.2, 0.25) is 0 Å². The van der Waals surface area contributed by atoms with Crippen molar-refractivity contribution < 1.29 is 19.2 Å². The first kappa shape index (κ1) is 14.9. The highest BCUT2D eigenvalue weighted by Crippen LogP contribution is 2.18. The van der Waals surface area contributed by atoms with Crippen molar-refractivity contribution in [1.29, 1.82) is 0 Å². The van der Waals surface area contributed by atoms with E-state index in [0.29, 0.717) is 0 Å². The second-order valence-corrected chi connectivity index (χ2v) is 4.58. The van der Waals surface area contributed by atoms with Gasteiger partial charge in [-0.1, -0.05) is 6.07 Å². The third-order valence-electron chi connectivity index (χ3n) is 2.75. The first-order chi connectivity index (χ1) is 9.95. The number of rotatable bonds is 6. The number of ether oxygens (including phenoxy) is 1. The molecule has 0 amide bonds. The van der Waals surface area contributed by atoms with Gasteiger partial charge in [0.1, 0.15) is 25.1 Å². The third-order valence-corrected chi connectivity index (χ3v) is 2.75. The Hall–Kier alpha value is -2.48. The van der Waals surface area contributed by atoms with Crippen LogP contribution in [0.2, 0.25) is 0 Å². The smallest absolute Gasteiger partial charge is 0.306 e. The van der Waals surface area contributed by atoms with E-state index in [1.807, 2.05) is 0 Å². The van der Waals surface area contributed by atoms with E-state index in [4.69, 9.17) is 4.74 Å². The number of halogens is 1. The Bertz CT molecular complexity index is 644. The molecule has 1 atom stereocenters. The molecule has 112 valence electrons. The van der Waals surface area contributed by atoms with Crippen LogP contribution < -0.4 is 4.74 Å². The van der Waals surface area contributed by atoms with Crippen LogP contribution in [0.4, 0.5) is 10.1 Å². The molecule has 2 rings (SSSR count). The molecule has 1 N–H and O–H groups in total. The summed E-state index contributed by atoms with van der Waals surface area (Å²) in [5, 5.41) is 24.0. The van der Waals surface area contributed by atoms with Crippen molar-refractivity contribution in [2.45, 2.75) is 19.6 Å². The summed E-state index contributed by atoms with van der Waals surface area (Å²) < 4.78 is 19.9. The van der Waals surface area contributed by atoms with Crippen molar-refractivity contribution in [2.75, 3.05) is 6.61 Å². The first-order valence-electron chi connectivity index (χ1n) is 6.19. The van der Waals surface area contributed by atoms with Crippen LogP contribution in [-0.2, 0) is 6.54 Å². The van der Waals surface area contributed by atoms with E-state index in [1.165, 1.54) is 23.0 Å². The second-order valence-electron chi connectivity index (χ2n) is 4.58. The second kappa shape index (κ2) is 6.31. The Balaban J connectivity index is 1.90. The lowest BCUT2D eigenvalue weighted by molar-refractivity contribution is -0.385. The molecule has 0 saturated heterocycles. The molecule has 0 bridgehead atoms. The highest BCUT2D eigenvalue weighted by atomic mass is 19.1. The lowest BCUT2D eigenvalue weighted by atomic mass is 10.2. The maximum Gasteiger partial charge on any atom is 0.306 e. The molecular weight excluding hydrogens is 281 g/mol. The van der Waals surface area contributed by atoms with E-state index >= 15 is 0 Å². The van der Waals surface area contributed by atoms with Crippen LogP contribution >= 0.6 is 0 Å². The molecule has 21 heavy (non-hydrogen) atoms. The maximum atomic E-state index is 13.4. The number of aliphatic hydroxyl groups is 1. The number of hydrogen-bond donors (Lipinski definition) is 1. The number of aryl methyl sites for hydroxylation is 1. The van der Waals surface area contributed by atoms with Crippen LogP contribution in [-0.4, -0.2) is 32.5 Å². The minimum absolute atomic E-state index is 0.0152. The molecule has 0 unspecified atom stereocenters. The van der Waals surface area contributed by atoms with E-state index in [2.05, 4.69) is 5.10 Å². The summed E-state index contributed by atoms with van der Waals surface area (Å²) in [6.45, 7) is 1.67. The van der Waals surface area contributed by atoms with Gasteiger partial charge in [0.25, 0.3) is 0 Å². The summed E-state index contributed by atoms with van der Waals surface area (Å²) in [7, 11) is 0. The van der Waals surface area contributed by atoms with E-state index in [1.54, 1.807) is 13.0 Å². The average Bonchev–Trinajstić information content (AvgIpc) is 2.88. The molecule has 0 saturated carbocycles. The van der Waals surface area contributed by atoms with Crippen molar-refractivity contribution in [3.8, 4) is 5.75 Å². The number of aromatic nitrogens is 2. The van der Waals surface area contributed by atoms with Crippen molar-refractivity contribution in [2.24, 2.45) is 0 Å². The topological polar surface area (TPSA) is 90.4 Å². The van der Waals surface area contributed by atoms with Crippen molar-refractivity contribution in [1.82, 2.24) is 9.78 Å². The number of aliphatic hydroxyl groups excluding tert-OH is 1. The zero-order valence-electron chi connectivity index (χ0n) is 11.3. The molecule has 8 heteroatoms. The SMILES string of the molecule is Cc1ccc(F)c(OC[C@H](O)Cn2cc([N+](=O)[O-])cn2)c1. The minimum Gasteiger partial charge on any atom is -0.488 e. The number of nitrogens with zero attached hydrogens (tertiary/aromatic N) is 3. The van der Waals surface area contributed by atoms with Crippen LogP contribution in [0.3, 0.4) is 0 Å². The molecule has 0 spiro atoms. The van der Waals surface area contributed by atoms with E-state index in [9.17, 15) is 19.6 Å². The van der Waals surface area contributed by atoms with Crippen molar-refractivity contribution in [3.63, 3.8) is 0 Å². The van der Waals surface area contributed by atoms with Crippen LogP contribution in [0.25, 0.3) is 0 Å². The molecule has 1 aromatic carbocycles. The summed E-state index contributed by atoms with van der Waals surface area (Å²) in [6, 6.07) is 4.43. The van der Waals surface area contributed by atoms with E-state index < -0.39 is 16.8 Å². The maximum absolute atomic E-state index is 13.4. The number of hydrogen-bond acceptors (Lipinski definition) is 5. The minimum atomic E-state index is -0.968. The summed E-state index contributed by atoms with van der Waals surface area (Å²) in [5.74, 6) is -0.456. The molecule has 7 nitrogen and oxygen atoms in total. The van der Waals surface area contributed by atoms with Gasteiger partial charge in [0.05, 0.1) is 11.5 Å². The molecule has 0 aliphatic carbocycles. The van der Waals surface area contributed by atoms with Gasteiger partial charge in [0, 0.05) is 0 Å². The van der Waals surface area contributed by atoms with Crippen LogP contribution in [0.5, 0.6) is 5.75 Å². The number of nitro groups is 1. The molecule has 0 aliphatic rings. The zero-order chi connectivity index (χ0) is 15.4. The fourth-order valence-electron chi connectivity index (χ4n) is 1.72. The summed E-state index contributed by atoms with van der Waals surface area (Å²) in [4.78, 5) is 9.93. The zero-order valence-corrected chi connectivity index (χ0v) is 11.3. The van der Waals surface area contributed by atoms with Gasteiger partial charge in [-0.3, -0.25) is 14.8 Å². The van der Waals surface area contributed by atoms with Crippen molar-refractivity contribution in [3.05, 3.63) is 52.1 Å². The molecular formula is C13H14FN3O4. The Morgan fingerprint density at radius 2 is 2.33 bits per heavy atom. The summed E-state index contributed by atoms with van der Waals surface area (Å²) in [6.07, 6.45) is 1.33. The Morgan fingerprint density at radius 1 is 1.57 bits per heavy atom. The Labute approximate surface area is 119 Å². The standard InChI is InChI=1S/C13H14FN3O4/c1-9-2-3-12(14)13(4-9)21-8-11(18)7-16-6-10(5-15-16)17(19)20/h2-6,11,18H,7-8H2,1H3/t11-/m1/s1. The van der Waals surface area contributed by atoms with Gasteiger partial charge in [-0.2, -0.15) is 5.10 Å². The lowest BCUT2D eigenvalue weighted by Crippen LogP contribution is -2.24. The Morgan fingerprint density at radius 3 is 3.00 bits per heavy atom. The lowest BCUT2D eigenvalue weighted by Gasteiger charge is -2.13. The van der Waals surface area contributed by atoms with Crippen LogP contribution in [0, 0.1) is 22.9 Å². The monoisotopic (exact) mass is 295 g/mol. The van der Waals surface area contributed by atoms with Gasteiger partial charge < -0.3 is 9.84 Å². The Kier molecular flexibility index (Phi) is 4.49. The highest BCUT2D eigenvalue weighted by molar-refractivity contribution is 5.29. The van der Waals surface area contributed by atoms with Gasteiger partial charge in [-0.25, -0.2) is 4.39 Å². The number of benzene rings is 1. The van der Waals surface area contributed by atoms with Gasteiger partial charge in [0.15, 0.2) is 11.6 Å². The van der Waals surface area contributed by atoms with E-state index in [0.717, 1.165) is 11.8 Å². The predicted octanol–water partition coefficient (Wildman–Crippen LogP) is 1.68. The molecule has 0 radical (unpaired) electrons. The fourth-order valence-corrected chi connectivity index (χ4v) is 1.72. The van der Waals surface area contributed by atoms with Gasteiger partial charge in [-0.15, -0.1) is 0 Å². The van der Waals surface area contributed by atoms with E-state index in [-0.39, 0.29) is 24.6 Å². The average molecular weight is 295 g/mol. The quantitative estimate of drug-likeness (QED) is 0.646. The van der Waals surface area contributed by atoms with Crippen molar-refractivity contribution >= 4 is 5.69 Å². The van der Waals surface area contributed by atoms with Crippen LogP contribution in [0.15, 0.2) is 30.6 Å². The molecule has 1 aromatic heterocycles. The fraction of sp³-hybridized carbons (Fsp3) is 0.308. The third kappa shape index (κ3) is 3.99. The molecule has 2 aromatic rings. The molecule has 1 heterocycles. The first-order valence-corrected chi connectivity index (χ1v) is 6.19. The summed E-state index contributed by atoms with van der Waals surface area (Å²) >= 11 is 0.